The molecule has 88 valence electrons. The van der Waals surface area contributed by atoms with E-state index in [0.29, 0.717) is 18.7 Å². The molecule has 0 atom stereocenters. The monoisotopic (exact) mass is 285 g/mol. The Balaban J connectivity index is 2.68. The van der Waals surface area contributed by atoms with Crippen LogP contribution in [0.2, 0.25) is 0 Å². The summed E-state index contributed by atoms with van der Waals surface area (Å²) in [6, 6.07) is 5.68. The number of benzene rings is 1. The van der Waals surface area contributed by atoms with Gasteiger partial charge in [-0.2, -0.15) is 0 Å². The Labute approximate surface area is 104 Å². The minimum atomic E-state index is 0.0282. The molecule has 4 nitrogen and oxygen atoms in total. The molecule has 0 saturated carbocycles. The number of carbonyl (C=O) groups excluding carboxylic acids is 1. The molecular formula is C11H16BrN3O. The van der Waals surface area contributed by atoms with Gasteiger partial charge in [-0.15, -0.1) is 0 Å². The normalized spacial score (nSPS) is 9.94. The molecule has 0 aromatic heterocycles. The van der Waals surface area contributed by atoms with Gasteiger partial charge in [-0.25, -0.2) is 0 Å². The summed E-state index contributed by atoms with van der Waals surface area (Å²) in [5.74, 6) is 0.0282. The SMILES string of the molecule is CNC(=O)CCN(C)c1cc(Br)ccc1N. The van der Waals surface area contributed by atoms with Crippen LogP contribution in [0.4, 0.5) is 11.4 Å². The van der Waals surface area contributed by atoms with Crippen molar-refractivity contribution in [2.45, 2.75) is 6.42 Å². The second-order valence-corrected chi connectivity index (χ2v) is 4.46. The van der Waals surface area contributed by atoms with Gasteiger partial charge < -0.3 is 16.0 Å². The summed E-state index contributed by atoms with van der Waals surface area (Å²) in [7, 11) is 3.55. The number of rotatable bonds is 4. The Kier molecular flexibility index (Phi) is 4.61. The maximum Gasteiger partial charge on any atom is 0.221 e. The highest BCUT2D eigenvalue weighted by Gasteiger charge is 2.07. The van der Waals surface area contributed by atoms with E-state index in [0.717, 1.165) is 10.2 Å². The summed E-state index contributed by atoms with van der Waals surface area (Å²) < 4.78 is 0.975. The Bertz CT molecular complexity index is 381. The molecule has 3 N–H and O–H groups in total. The van der Waals surface area contributed by atoms with Gasteiger partial charge in [-0.3, -0.25) is 4.79 Å². The summed E-state index contributed by atoms with van der Waals surface area (Å²) in [5.41, 5.74) is 7.51. The second kappa shape index (κ2) is 5.75. The van der Waals surface area contributed by atoms with Crippen LogP contribution in [0.3, 0.4) is 0 Å². The standard InChI is InChI=1S/C11H16BrN3O/c1-14-11(16)5-6-15(2)10-7-8(12)3-4-9(10)13/h3-4,7H,5-6,13H2,1-2H3,(H,14,16). The van der Waals surface area contributed by atoms with Crippen molar-refractivity contribution >= 4 is 33.2 Å². The Morgan fingerprint density at radius 1 is 1.56 bits per heavy atom. The lowest BCUT2D eigenvalue weighted by atomic mass is 10.2. The maximum atomic E-state index is 11.1. The zero-order chi connectivity index (χ0) is 12.1. The zero-order valence-corrected chi connectivity index (χ0v) is 11.0. The van der Waals surface area contributed by atoms with Crippen LogP contribution < -0.4 is 16.0 Å². The molecule has 5 heteroatoms. The van der Waals surface area contributed by atoms with Gasteiger partial charge in [0.05, 0.1) is 11.4 Å². The number of carbonyl (C=O) groups is 1. The van der Waals surface area contributed by atoms with Crippen LogP contribution in [-0.2, 0) is 4.79 Å². The van der Waals surface area contributed by atoms with Gasteiger partial charge in [0, 0.05) is 31.5 Å². The van der Waals surface area contributed by atoms with Crippen LogP contribution >= 0.6 is 15.9 Å². The molecule has 0 aliphatic rings. The maximum absolute atomic E-state index is 11.1. The molecular weight excluding hydrogens is 270 g/mol. The van der Waals surface area contributed by atoms with Crippen molar-refractivity contribution in [3.63, 3.8) is 0 Å². The van der Waals surface area contributed by atoms with Crippen molar-refractivity contribution in [2.75, 3.05) is 31.3 Å². The van der Waals surface area contributed by atoms with Gasteiger partial charge >= 0.3 is 0 Å². The number of amides is 1. The van der Waals surface area contributed by atoms with E-state index < -0.39 is 0 Å². The third kappa shape index (κ3) is 3.41. The second-order valence-electron chi connectivity index (χ2n) is 3.55. The Morgan fingerprint density at radius 2 is 2.25 bits per heavy atom. The molecule has 0 saturated heterocycles. The average Bonchev–Trinajstić information content (AvgIpc) is 2.28. The molecule has 1 aromatic carbocycles. The van der Waals surface area contributed by atoms with Crippen molar-refractivity contribution < 1.29 is 4.79 Å². The predicted octanol–water partition coefficient (Wildman–Crippen LogP) is 1.60. The summed E-state index contributed by atoms with van der Waals surface area (Å²) >= 11 is 3.40. The molecule has 0 bridgehead atoms. The average molecular weight is 286 g/mol. The van der Waals surface area contributed by atoms with Gasteiger partial charge in [0.25, 0.3) is 0 Å². The van der Waals surface area contributed by atoms with Gasteiger partial charge in [0.15, 0.2) is 0 Å². The van der Waals surface area contributed by atoms with Crippen LogP contribution in [0.25, 0.3) is 0 Å². The highest BCUT2D eigenvalue weighted by atomic mass is 79.9. The van der Waals surface area contributed by atoms with Crippen molar-refractivity contribution in [1.82, 2.24) is 5.32 Å². The summed E-state index contributed by atoms with van der Waals surface area (Å²) in [4.78, 5) is 13.1. The largest absolute Gasteiger partial charge is 0.397 e. The van der Waals surface area contributed by atoms with E-state index >= 15 is 0 Å². The number of nitrogens with one attached hydrogen (secondary N) is 1. The molecule has 0 unspecified atom stereocenters. The number of anilines is 2. The molecule has 0 aliphatic carbocycles. The number of nitrogens with zero attached hydrogens (tertiary/aromatic N) is 1. The third-order valence-corrected chi connectivity index (χ3v) is 2.85. The third-order valence-electron chi connectivity index (χ3n) is 2.36. The van der Waals surface area contributed by atoms with Crippen LogP contribution in [0.1, 0.15) is 6.42 Å². The fourth-order valence-electron chi connectivity index (χ4n) is 1.36. The highest BCUT2D eigenvalue weighted by molar-refractivity contribution is 9.10. The molecule has 0 heterocycles. The van der Waals surface area contributed by atoms with E-state index in [2.05, 4.69) is 21.2 Å². The molecule has 16 heavy (non-hydrogen) atoms. The van der Waals surface area contributed by atoms with Crippen molar-refractivity contribution in [3.8, 4) is 0 Å². The molecule has 1 rings (SSSR count). The smallest absolute Gasteiger partial charge is 0.221 e. The zero-order valence-electron chi connectivity index (χ0n) is 9.46. The van der Waals surface area contributed by atoms with E-state index in [1.165, 1.54) is 0 Å². The van der Waals surface area contributed by atoms with Crippen molar-refractivity contribution in [3.05, 3.63) is 22.7 Å². The summed E-state index contributed by atoms with van der Waals surface area (Å²) in [5, 5.41) is 2.59. The molecule has 1 aromatic rings. The van der Waals surface area contributed by atoms with Crippen LogP contribution in [0.15, 0.2) is 22.7 Å². The summed E-state index contributed by atoms with van der Waals surface area (Å²) in [6.45, 7) is 0.639. The Morgan fingerprint density at radius 3 is 2.88 bits per heavy atom. The molecule has 1 amide bonds. The minimum absolute atomic E-state index is 0.0282. The molecule has 0 aliphatic heterocycles. The van der Waals surface area contributed by atoms with Gasteiger partial charge in [0.1, 0.15) is 0 Å². The number of nitrogen functional groups attached to an aromatic ring is 1. The first-order valence-corrected chi connectivity index (χ1v) is 5.80. The van der Waals surface area contributed by atoms with E-state index in [4.69, 9.17) is 5.73 Å². The topological polar surface area (TPSA) is 58.4 Å². The van der Waals surface area contributed by atoms with Gasteiger partial charge in [-0.1, -0.05) is 15.9 Å². The van der Waals surface area contributed by atoms with E-state index in [9.17, 15) is 4.79 Å². The van der Waals surface area contributed by atoms with Crippen molar-refractivity contribution in [1.29, 1.82) is 0 Å². The highest BCUT2D eigenvalue weighted by Crippen LogP contribution is 2.26. The van der Waals surface area contributed by atoms with Gasteiger partial charge in [0.2, 0.25) is 5.91 Å². The first-order chi connectivity index (χ1) is 7.54. The quantitative estimate of drug-likeness (QED) is 0.827. The minimum Gasteiger partial charge on any atom is -0.397 e. The molecule has 0 spiro atoms. The van der Waals surface area contributed by atoms with Crippen LogP contribution in [0, 0.1) is 0 Å². The van der Waals surface area contributed by atoms with E-state index in [1.807, 2.05) is 30.1 Å². The number of hydrogen-bond donors (Lipinski definition) is 2. The first kappa shape index (κ1) is 12.8. The lowest BCUT2D eigenvalue weighted by molar-refractivity contribution is -0.120. The van der Waals surface area contributed by atoms with E-state index in [-0.39, 0.29) is 5.91 Å². The first-order valence-electron chi connectivity index (χ1n) is 5.01. The van der Waals surface area contributed by atoms with Crippen molar-refractivity contribution in [2.24, 2.45) is 0 Å². The number of hydrogen-bond acceptors (Lipinski definition) is 3. The van der Waals surface area contributed by atoms with E-state index in [1.54, 1.807) is 7.05 Å². The molecule has 0 fully saturated rings. The molecule has 0 radical (unpaired) electrons. The predicted molar refractivity (Wildman–Crippen MR) is 70.5 cm³/mol. The Hall–Kier alpha value is -1.23. The van der Waals surface area contributed by atoms with Gasteiger partial charge in [-0.05, 0) is 18.2 Å². The van der Waals surface area contributed by atoms with Crippen LogP contribution in [0.5, 0.6) is 0 Å². The number of nitrogens with two attached hydrogens (primary N) is 1. The van der Waals surface area contributed by atoms with Crippen LogP contribution in [-0.4, -0.2) is 26.5 Å². The fraction of sp³-hybridized carbons (Fsp3) is 0.364. The number of halogens is 1. The lowest BCUT2D eigenvalue weighted by Gasteiger charge is -2.20. The summed E-state index contributed by atoms with van der Waals surface area (Å²) in [6.07, 6.45) is 0.457. The fourth-order valence-corrected chi connectivity index (χ4v) is 1.71. The lowest BCUT2D eigenvalue weighted by Crippen LogP contribution is -2.26.